The Bertz CT molecular complexity index is 621. The number of aromatic amines is 1. The number of phenols is 1. The molecular weight excluding hydrogens is 198 g/mol. The number of benzene rings is 1. The number of aromatic carboxylic acids is 1. The van der Waals surface area contributed by atoms with Gasteiger partial charge in [0.15, 0.2) is 11.5 Å². The molecule has 78 valence electrons. The predicted molar refractivity (Wildman–Crippen MR) is 53.5 cm³/mol. The van der Waals surface area contributed by atoms with E-state index in [2.05, 4.69) is 4.98 Å². The van der Waals surface area contributed by atoms with Gasteiger partial charge >= 0.3 is 5.97 Å². The highest BCUT2D eigenvalue weighted by Crippen LogP contribution is 2.31. The molecule has 1 aromatic heterocycles. The minimum absolute atomic E-state index is 0.0815. The average molecular weight is 209 g/mol. The molecule has 5 nitrogen and oxygen atoms in total. The molecule has 0 aliphatic carbocycles. The Morgan fingerprint density at radius 1 is 1.60 bits per heavy atom. The van der Waals surface area contributed by atoms with Gasteiger partial charge in [-0.3, -0.25) is 0 Å². The van der Waals surface area contributed by atoms with E-state index in [-0.39, 0.29) is 40.2 Å². The fourth-order valence-corrected chi connectivity index (χ4v) is 1.27. The molecule has 0 aliphatic heterocycles. The lowest BCUT2D eigenvalue weighted by atomic mass is 10.2. The normalized spacial score (nSPS) is 12.3. The fourth-order valence-electron chi connectivity index (χ4n) is 1.27. The molecule has 2 rings (SSSR count). The van der Waals surface area contributed by atoms with E-state index in [4.69, 9.17) is 12.6 Å². The third kappa shape index (κ3) is 1.48. The summed E-state index contributed by atoms with van der Waals surface area (Å²) >= 11 is 0. The van der Waals surface area contributed by atoms with Gasteiger partial charge in [-0.25, -0.2) is 4.79 Å². The van der Waals surface area contributed by atoms with E-state index >= 15 is 0 Å². The molecule has 0 unspecified atom stereocenters. The molecule has 0 amide bonds. The largest absolute Gasteiger partial charge is 0.504 e. The van der Waals surface area contributed by atoms with Gasteiger partial charge in [0.25, 0.3) is 0 Å². The number of carboxylic acid groups (broad SMARTS) is 1. The number of methoxy groups -OCH3 is 1. The first-order valence-corrected chi connectivity index (χ1v) is 4.09. The Morgan fingerprint density at radius 2 is 2.33 bits per heavy atom. The van der Waals surface area contributed by atoms with Crippen molar-refractivity contribution in [1.82, 2.24) is 4.98 Å². The molecule has 1 aromatic carbocycles. The third-order valence-electron chi connectivity index (χ3n) is 1.95. The summed E-state index contributed by atoms with van der Waals surface area (Å²) in [4.78, 5) is 13.3. The highest BCUT2D eigenvalue weighted by Gasteiger charge is 2.10. The van der Waals surface area contributed by atoms with Gasteiger partial charge in [0, 0.05) is 11.5 Å². The number of carbonyl (C=O) groups is 1. The molecule has 0 spiro atoms. The van der Waals surface area contributed by atoms with E-state index in [1.807, 2.05) is 0 Å². The number of hydrogen-bond acceptors (Lipinski definition) is 3. The zero-order chi connectivity index (χ0) is 12.7. The number of rotatable bonds is 2. The van der Waals surface area contributed by atoms with Gasteiger partial charge in [-0.1, -0.05) is 0 Å². The Balaban J connectivity index is 2.89. The van der Waals surface area contributed by atoms with Crippen LogP contribution < -0.4 is 4.74 Å². The molecule has 5 heteroatoms. The first kappa shape index (κ1) is 7.17. The summed E-state index contributed by atoms with van der Waals surface area (Å²) in [5.41, 5.74) is -0.100. The number of phenolic OH excluding ortho intramolecular Hbond substituents is 1. The van der Waals surface area contributed by atoms with E-state index in [9.17, 15) is 9.90 Å². The van der Waals surface area contributed by atoms with Crippen molar-refractivity contribution in [1.29, 1.82) is 0 Å². The minimum atomic E-state index is -1.29. The maximum Gasteiger partial charge on any atom is 0.352 e. The van der Waals surface area contributed by atoms with Gasteiger partial charge in [-0.15, -0.1) is 0 Å². The molecule has 0 aliphatic rings. The molecule has 0 bridgehead atoms. The zero-order valence-corrected chi connectivity index (χ0v) is 7.79. The summed E-state index contributed by atoms with van der Waals surface area (Å²) in [5.74, 6) is -1.64. The maximum absolute atomic E-state index is 10.8. The monoisotopic (exact) mass is 209 g/mol. The first-order chi connectivity index (χ1) is 7.97. The van der Waals surface area contributed by atoms with Crippen molar-refractivity contribution < 1.29 is 22.5 Å². The van der Waals surface area contributed by atoms with Gasteiger partial charge in [-0.05, 0) is 12.1 Å². The number of H-pyrrole nitrogens is 1. The molecule has 15 heavy (non-hydrogen) atoms. The second-order valence-electron chi connectivity index (χ2n) is 2.91. The topological polar surface area (TPSA) is 82.5 Å². The number of aromatic hydroxyl groups is 1. The van der Waals surface area contributed by atoms with Crippen molar-refractivity contribution in [2.75, 3.05) is 7.11 Å². The molecule has 3 N–H and O–H groups in total. The van der Waals surface area contributed by atoms with Crippen LogP contribution in [0.5, 0.6) is 11.5 Å². The van der Waals surface area contributed by atoms with Crippen LogP contribution in [0.1, 0.15) is 13.2 Å². The predicted octanol–water partition coefficient (Wildman–Crippen LogP) is 1.58. The van der Waals surface area contributed by atoms with Crippen LogP contribution >= 0.6 is 0 Å². The van der Waals surface area contributed by atoms with Gasteiger partial charge in [0.05, 0.1) is 15.4 Å². The molecule has 0 fully saturated rings. The second-order valence-corrected chi connectivity index (χ2v) is 2.91. The number of nitrogens with one attached hydrogen (secondary N) is 1. The van der Waals surface area contributed by atoms with Gasteiger partial charge in [0.2, 0.25) is 0 Å². The SMILES string of the molecule is [2H]c1c(C(=O)O)[nH]c2cc(O)c(OC)c([2H])c12. The molecule has 0 saturated carbocycles. The second kappa shape index (κ2) is 3.20. The standard InChI is InChI=1S/C10H9NO4/c1-15-9-3-5-2-7(10(13)14)11-6(5)4-8(9)12/h2-4,11-12H,1H3,(H,13,14)/i2D,3D. The van der Waals surface area contributed by atoms with E-state index in [1.54, 1.807) is 0 Å². The van der Waals surface area contributed by atoms with Gasteiger partial charge in [0.1, 0.15) is 5.69 Å². The Kier molecular flexibility index (Phi) is 1.53. The van der Waals surface area contributed by atoms with Crippen LogP contribution in [-0.2, 0) is 0 Å². The third-order valence-corrected chi connectivity index (χ3v) is 1.95. The summed E-state index contributed by atoms with van der Waals surface area (Å²) in [6, 6.07) is 0.725. The van der Waals surface area contributed by atoms with Crippen molar-refractivity contribution in [3.05, 3.63) is 23.8 Å². The van der Waals surface area contributed by atoms with E-state index in [0.717, 1.165) is 0 Å². The number of carboxylic acids is 1. The van der Waals surface area contributed by atoms with Crippen LogP contribution in [0.4, 0.5) is 0 Å². The van der Waals surface area contributed by atoms with Crippen LogP contribution in [-0.4, -0.2) is 28.3 Å². The molecule has 0 saturated heterocycles. The van der Waals surface area contributed by atoms with Crippen LogP contribution in [0, 0.1) is 0 Å². The van der Waals surface area contributed by atoms with Crippen LogP contribution in [0.25, 0.3) is 10.9 Å². The minimum Gasteiger partial charge on any atom is -0.504 e. The molecule has 1 heterocycles. The van der Waals surface area contributed by atoms with Crippen LogP contribution in [0.2, 0.25) is 0 Å². The van der Waals surface area contributed by atoms with Crippen molar-refractivity contribution in [2.45, 2.75) is 0 Å². The van der Waals surface area contributed by atoms with Crippen molar-refractivity contribution in [3.63, 3.8) is 0 Å². The molecule has 0 radical (unpaired) electrons. The zero-order valence-electron chi connectivity index (χ0n) is 9.79. The maximum atomic E-state index is 10.8. The van der Waals surface area contributed by atoms with Gasteiger partial charge in [-0.2, -0.15) is 0 Å². The number of ether oxygens (including phenoxy) is 1. The lowest BCUT2D eigenvalue weighted by Gasteiger charge is -2.01. The summed E-state index contributed by atoms with van der Waals surface area (Å²) in [7, 11) is 1.29. The molecule has 2 aromatic rings. The smallest absolute Gasteiger partial charge is 0.352 e. The number of aromatic nitrogens is 1. The van der Waals surface area contributed by atoms with E-state index in [0.29, 0.717) is 0 Å². The lowest BCUT2D eigenvalue weighted by Crippen LogP contribution is -1.94. The highest BCUT2D eigenvalue weighted by molar-refractivity contribution is 5.94. The van der Waals surface area contributed by atoms with E-state index in [1.165, 1.54) is 13.2 Å². The summed E-state index contributed by atoms with van der Waals surface area (Å²) in [6.45, 7) is 0. The Labute approximate surface area is 87.7 Å². The summed E-state index contributed by atoms with van der Waals surface area (Å²) in [6.07, 6.45) is 0. The van der Waals surface area contributed by atoms with Crippen molar-refractivity contribution in [3.8, 4) is 11.5 Å². The van der Waals surface area contributed by atoms with Crippen molar-refractivity contribution >= 4 is 16.9 Å². The van der Waals surface area contributed by atoms with Gasteiger partial charge < -0.3 is 19.9 Å². The quantitative estimate of drug-likeness (QED) is 0.701. The lowest BCUT2D eigenvalue weighted by molar-refractivity contribution is 0.0691. The highest BCUT2D eigenvalue weighted by atomic mass is 16.5. The number of hydrogen-bond donors (Lipinski definition) is 3. The van der Waals surface area contributed by atoms with E-state index < -0.39 is 5.97 Å². The molecular formula is C10H9NO4. The first-order valence-electron chi connectivity index (χ1n) is 5.09. The van der Waals surface area contributed by atoms with Crippen LogP contribution in [0.3, 0.4) is 0 Å². The Morgan fingerprint density at radius 3 is 2.93 bits per heavy atom. The molecule has 0 atom stereocenters. The van der Waals surface area contributed by atoms with Crippen molar-refractivity contribution in [2.24, 2.45) is 0 Å². The van der Waals surface area contributed by atoms with Crippen LogP contribution in [0.15, 0.2) is 18.2 Å². The fraction of sp³-hybridized carbons (Fsp3) is 0.100. The number of fused-ring (bicyclic) bond motifs is 1. The summed E-state index contributed by atoms with van der Waals surface area (Å²) < 4.78 is 20.2. The Hall–Kier alpha value is -2.17. The summed E-state index contributed by atoms with van der Waals surface area (Å²) in [5, 5.41) is 18.5. The average Bonchev–Trinajstić information content (AvgIpc) is 2.56.